The van der Waals surface area contributed by atoms with Gasteiger partial charge in [0, 0.05) is 13.0 Å². The summed E-state index contributed by atoms with van der Waals surface area (Å²) in [5.41, 5.74) is 6.14. The Balaban J connectivity index is 3.13. The highest BCUT2D eigenvalue weighted by molar-refractivity contribution is 5.92. The summed E-state index contributed by atoms with van der Waals surface area (Å²) in [5.74, 6) is 0.715. The fourth-order valence-electron chi connectivity index (χ4n) is 1.67. The van der Waals surface area contributed by atoms with Crippen molar-refractivity contribution >= 4 is 11.8 Å². The summed E-state index contributed by atoms with van der Waals surface area (Å²) in [4.78, 5) is 15.9. The highest BCUT2D eigenvalue weighted by Gasteiger charge is 2.21. The highest BCUT2D eigenvalue weighted by Crippen LogP contribution is 2.16. The van der Waals surface area contributed by atoms with Crippen LogP contribution in [0, 0.1) is 0 Å². The summed E-state index contributed by atoms with van der Waals surface area (Å²) in [6.07, 6.45) is 1.68. The molecule has 0 aliphatic rings. The summed E-state index contributed by atoms with van der Waals surface area (Å²) >= 11 is 0. The molecule has 0 unspecified atom stereocenters. The van der Waals surface area contributed by atoms with Gasteiger partial charge >= 0.3 is 5.97 Å². The first-order chi connectivity index (χ1) is 7.65. The number of aromatic nitrogens is 2. The van der Waals surface area contributed by atoms with Gasteiger partial charge in [-0.1, -0.05) is 13.8 Å². The van der Waals surface area contributed by atoms with E-state index in [4.69, 9.17) is 10.5 Å². The molecule has 0 radical (unpaired) electrons. The molecule has 5 nitrogen and oxygen atoms in total. The molecule has 0 bridgehead atoms. The first kappa shape index (κ1) is 12.5. The lowest BCUT2D eigenvalue weighted by Gasteiger charge is -2.09. The Morgan fingerprint density at radius 3 is 2.62 bits per heavy atom. The van der Waals surface area contributed by atoms with Crippen LogP contribution in [0.5, 0.6) is 0 Å². The lowest BCUT2D eigenvalue weighted by Crippen LogP contribution is -2.15. The highest BCUT2D eigenvalue weighted by atomic mass is 16.5. The molecule has 1 heterocycles. The number of anilines is 1. The van der Waals surface area contributed by atoms with Crippen LogP contribution in [0.2, 0.25) is 0 Å². The van der Waals surface area contributed by atoms with Gasteiger partial charge in [-0.15, -0.1) is 0 Å². The van der Waals surface area contributed by atoms with E-state index in [0.717, 1.165) is 25.2 Å². The van der Waals surface area contributed by atoms with Crippen molar-refractivity contribution in [2.45, 2.75) is 40.2 Å². The number of esters is 1. The van der Waals surface area contributed by atoms with Crippen LogP contribution in [0.1, 0.15) is 43.5 Å². The number of carbonyl (C=O) groups is 1. The molecule has 1 aromatic rings. The topological polar surface area (TPSA) is 70.1 Å². The van der Waals surface area contributed by atoms with E-state index in [0.29, 0.717) is 12.3 Å². The molecule has 0 atom stereocenters. The fourth-order valence-corrected chi connectivity index (χ4v) is 1.67. The molecule has 0 fully saturated rings. The minimum absolute atomic E-state index is 0.267. The maximum Gasteiger partial charge on any atom is 0.358 e. The third kappa shape index (κ3) is 2.35. The zero-order valence-corrected chi connectivity index (χ0v) is 10.1. The molecule has 90 valence electrons. The quantitative estimate of drug-likeness (QED) is 0.773. The summed E-state index contributed by atoms with van der Waals surface area (Å²) in [6.45, 7) is 6.89. The number of aryl methyl sites for hydroxylation is 1. The molecule has 0 amide bonds. The van der Waals surface area contributed by atoms with Gasteiger partial charge in [-0.05, 0) is 13.3 Å². The molecule has 0 spiro atoms. The van der Waals surface area contributed by atoms with Gasteiger partial charge in [-0.3, -0.25) is 0 Å². The zero-order chi connectivity index (χ0) is 12.1. The van der Waals surface area contributed by atoms with Crippen LogP contribution >= 0.6 is 0 Å². The fraction of sp³-hybridized carbons (Fsp3) is 0.636. The standard InChI is InChI=1S/C11H19N3O2/c1-4-7-14-8(5-2)13-10(12)9(14)11(15)16-6-3/h4-7,12H2,1-3H3. The maximum atomic E-state index is 11.7. The van der Waals surface area contributed by atoms with Gasteiger partial charge < -0.3 is 15.0 Å². The van der Waals surface area contributed by atoms with Crippen molar-refractivity contribution in [2.75, 3.05) is 12.3 Å². The predicted octanol–water partition coefficient (Wildman–Crippen LogP) is 1.61. The zero-order valence-electron chi connectivity index (χ0n) is 10.1. The van der Waals surface area contributed by atoms with E-state index < -0.39 is 0 Å². The molecule has 0 aromatic carbocycles. The number of hydrogen-bond acceptors (Lipinski definition) is 4. The molecule has 2 N–H and O–H groups in total. The van der Waals surface area contributed by atoms with Crippen LogP contribution in [0.25, 0.3) is 0 Å². The van der Waals surface area contributed by atoms with E-state index in [-0.39, 0.29) is 11.8 Å². The molecular weight excluding hydrogens is 206 g/mol. The normalized spacial score (nSPS) is 10.4. The Hall–Kier alpha value is -1.52. The van der Waals surface area contributed by atoms with Crippen molar-refractivity contribution in [3.63, 3.8) is 0 Å². The number of ether oxygens (including phenoxy) is 1. The second-order valence-electron chi connectivity index (χ2n) is 3.49. The second kappa shape index (κ2) is 5.53. The largest absolute Gasteiger partial charge is 0.461 e. The first-order valence-corrected chi connectivity index (χ1v) is 5.67. The first-order valence-electron chi connectivity index (χ1n) is 5.67. The maximum absolute atomic E-state index is 11.7. The number of hydrogen-bond donors (Lipinski definition) is 1. The Bertz CT molecular complexity index is 372. The van der Waals surface area contributed by atoms with Crippen LogP contribution < -0.4 is 5.73 Å². The SMILES string of the molecule is CCCn1c(CC)nc(N)c1C(=O)OCC. The number of rotatable bonds is 5. The Labute approximate surface area is 95.6 Å². The Kier molecular flexibility index (Phi) is 4.34. The van der Waals surface area contributed by atoms with Gasteiger partial charge in [-0.25, -0.2) is 9.78 Å². The summed E-state index contributed by atoms with van der Waals surface area (Å²) < 4.78 is 6.83. The number of nitrogens with two attached hydrogens (primary N) is 1. The molecule has 0 aliphatic heterocycles. The number of nitrogens with zero attached hydrogens (tertiary/aromatic N) is 2. The average molecular weight is 225 g/mol. The molecule has 0 saturated heterocycles. The smallest absolute Gasteiger partial charge is 0.358 e. The minimum atomic E-state index is -0.388. The van der Waals surface area contributed by atoms with E-state index in [9.17, 15) is 4.79 Å². The van der Waals surface area contributed by atoms with Crippen LogP contribution in [-0.2, 0) is 17.7 Å². The van der Waals surface area contributed by atoms with E-state index in [1.165, 1.54) is 0 Å². The van der Waals surface area contributed by atoms with Gasteiger partial charge in [0.25, 0.3) is 0 Å². The number of nitrogen functional groups attached to an aromatic ring is 1. The molecule has 0 saturated carbocycles. The van der Waals surface area contributed by atoms with Crippen molar-refractivity contribution < 1.29 is 9.53 Å². The van der Waals surface area contributed by atoms with E-state index in [1.54, 1.807) is 6.92 Å². The van der Waals surface area contributed by atoms with Crippen LogP contribution in [0.4, 0.5) is 5.82 Å². The van der Waals surface area contributed by atoms with Crippen LogP contribution in [-0.4, -0.2) is 22.1 Å². The molecule has 1 rings (SSSR count). The van der Waals surface area contributed by atoms with Crippen LogP contribution in [0.15, 0.2) is 0 Å². The van der Waals surface area contributed by atoms with E-state index in [2.05, 4.69) is 4.98 Å². The Morgan fingerprint density at radius 2 is 2.12 bits per heavy atom. The third-order valence-corrected chi connectivity index (χ3v) is 2.31. The van der Waals surface area contributed by atoms with Crippen LogP contribution in [0.3, 0.4) is 0 Å². The lowest BCUT2D eigenvalue weighted by atomic mass is 10.3. The lowest BCUT2D eigenvalue weighted by molar-refractivity contribution is 0.0514. The summed E-state index contributed by atoms with van der Waals surface area (Å²) in [7, 11) is 0. The summed E-state index contributed by atoms with van der Waals surface area (Å²) in [5, 5.41) is 0. The van der Waals surface area contributed by atoms with Gasteiger partial charge in [0.05, 0.1) is 6.61 Å². The minimum Gasteiger partial charge on any atom is -0.461 e. The number of carbonyl (C=O) groups excluding carboxylic acids is 1. The third-order valence-electron chi connectivity index (χ3n) is 2.31. The van der Waals surface area contributed by atoms with Gasteiger partial charge in [0.2, 0.25) is 0 Å². The molecular formula is C11H19N3O2. The average Bonchev–Trinajstić information content (AvgIpc) is 2.56. The monoisotopic (exact) mass is 225 g/mol. The van der Waals surface area contributed by atoms with Crippen molar-refractivity contribution in [2.24, 2.45) is 0 Å². The van der Waals surface area contributed by atoms with Crippen molar-refractivity contribution in [1.82, 2.24) is 9.55 Å². The predicted molar refractivity (Wildman–Crippen MR) is 62.3 cm³/mol. The molecule has 16 heavy (non-hydrogen) atoms. The van der Waals surface area contributed by atoms with Gasteiger partial charge in [0.1, 0.15) is 5.82 Å². The van der Waals surface area contributed by atoms with E-state index >= 15 is 0 Å². The van der Waals surface area contributed by atoms with Gasteiger partial charge in [-0.2, -0.15) is 0 Å². The molecule has 5 heteroatoms. The molecule has 1 aromatic heterocycles. The van der Waals surface area contributed by atoms with E-state index in [1.807, 2.05) is 18.4 Å². The summed E-state index contributed by atoms with van der Waals surface area (Å²) in [6, 6.07) is 0. The van der Waals surface area contributed by atoms with Crippen molar-refractivity contribution in [3.05, 3.63) is 11.5 Å². The Morgan fingerprint density at radius 1 is 1.44 bits per heavy atom. The van der Waals surface area contributed by atoms with Crippen molar-refractivity contribution in [3.8, 4) is 0 Å². The number of imidazole rings is 1. The second-order valence-corrected chi connectivity index (χ2v) is 3.49. The van der Waals surface area contributed by atoms with Crippen molar-refractivity contribution in [1.29, 1.82) is 0 Å². The van der Waals surface area contributed by atoms with Gasteiger partial charge in [0.15, 0.2) is 11.5 Å². The molecule has 0 aliphatic carbocycles.